The van der Waals surface area contributed by atoms with Crippen LogP contribution in [0.25, 0.3) is 0 Å². The van der Waals surface area contributed by atoms with Gasteiger partial charge in [-0.15, -0.1) is 5.98 Å². The highest BCUT2D eigenvalue weighted by molar-refractivity contribution is 6.21. The van der Waals surface area contributed by atoms with Gasteiger partial charge in [-0.05, 0) is 24.8 Å². The largest absolute Gasteiger partial charge is 0.342 e. The Bertz CT molecular complexity index is 513. The highest BCUT2D eigenvalue weighted by Gasteiger charge is 2.40. The van der Waals surface area contributed by atoms with E-state index in [9.17, 15) is 4.79 Å². The molecule has 2 radical (unpaired) electrons. The second kappa shape index (κ2) is 7.54. The minimum Gasteiger partial charge on any atom is -0.342 e. The van der Waals surface area contributed by atoms with Crippen molar-refractivity contribution in [1.29, 1.82) is 5.26 Å². The molecule has 0 spiro atoms. The summed E-state index contributed by atoms with van der Waals surface area (Å²) in [7, 11) is 5.26. The average molecular weight is 266 g/mol. The number of nitriles is 1. The van der Waals surface area contributed by atoms with Crippen LogP contribution in [0.3, 0.4) is 0 Å². The average Bonchev–Trinajstić information content (AvgIpc) is 2.47. The van der Waals surface area contributed by atoms with Gasteiger partial charge in [-0.3, -0.25) is 4.79 Å². The molecule has 102 valence electrons. The Morgan fingerprint density at radius 1 is 1.35 bits per heavy atom. The molecule has 1 fully saturated rings. The van der Waals surface area contributed by atoms with Crippen molar-refractivity contribution >= 4 is 13.8 Å². The first kappa shape index (κ1) is 16.0. The highest BCUT2D eigenvalue weighted by Crippen LogP contribution is 2.41. The van der Waals surface area contributed by atoms with Gasteiger partial charge in [0, 0.05) is 0 Å². The van der Waals surface area contributed by atoms with E-state index in [0.29, 0.717) is 0 Å². The fourth-order valence-corrected chi connectivity index (χ4v) is 2.22. The van der Waals surface area contributed by atoms with Crippen LogP contribution in [0.15, 0.2) is 41.9 Å². The van der Waals surface area contributed by atoms with Gasteiger partial charge in [-0.2, -0.15) is 5.26 Å². The topological polar surface area (TPSA) is 52.9 Å². The molecule has 1 amide bonds. The van der Waals surface area contributed by atoms with Crippen molar-refractivity contribution in [1.82, 2.24) is 5.32 Å². The Morgan fingerprint density at radius 3 is 2.35 bits per heavy atom. The van der Waals surface area contributed by atoms with E-state index in [1.165, 1.54) is 0 Å². The van der Waals surface area contributed by atoms with Gasteiger partial charge in [0.1, 0.15) is 19.5 Å². The third kappa shape index (κ3) is 3.30. The summed E-state index contributed by atoms with van der Waals surface area (Å²) in [6, 6.07) is 11.6. The quantitative estimate of drug-likeness (QED) is 0.519. The van der Waals surface area contributed by atoms with Crippen molar-refractivity contribution in [2.75, 3.05) is 0 Å². The lowest BCUT2D eigenvalue weighted by molar-refractivity contribution is -0.120. The Hall–Kier alpha value is -2.02. The summed E-state index contributed by atoms with van der Waals surface area (Å²) in [6.07, 6.45) is 2.86. The van der Waals surface area contributed by atoms with E-state index in [2.05, 4.69) is 5.32 Å². The van der Waals surface area contributed by atoms with Crippen molar-refractivity contribution in [2.45, 2.75) is 38.6 Å². The lowest BCUT2D eigenvalue weighted by atomic mass is 9.71. The van der Waals surface area contributed by atoms with Gasteiger partial charge >= 0.3 is 0 Å². The Kier molecular flexibility index (Phi) is 6.05. The molecule has 1 aliphatic rings. The summed E-state index contributed by atoms with van der Waals surface area (Å²) in [6.45, 7) is 4.00. The molecular formula is C16H19BN2O. The molecule has 0 heterocycles. The molecular weight excluding hydrogens is 247 g/mol. The van der Waals surface area contributed by atoms with Crippen LogP contribution in [0, 0.1) is 11.3 Å². The number of carbonyl (C=O) groups excluding carboxylic acids is 1. The van der Waals surface area contributed by atoms with Crippen LogP contribution in [-0.2, 0) is 10.3 Å². The van der Waals surface area contributed by atoms with Gasteiger partial charge in [0.25, 0.3) is 5.91 Å². The van der Waals surface area contributed by atoms with Crippen molar-refractivity contribution < 1.29 is 4.79 Å². The molecule has 0 aromatic heterocycles. The molecule has 3 nitrogen and oxygen atoms in total. The van der Waals surface area contributed by atoms with Crippen molar-refractivity contribution in [3.63, 3.8) is 0 Å². The van der Waals surface area contributed by atoms with E-state index >= 15 is 0 Å². The molecule has 0 bridgehead atoms. The van der Waals surface area contributed by atoms with Crippen LogP contribution < -0.4 is 5.32 Å². The van der Waals surface area contributed by atoms with Crippen LogP contribution in [-0.4, -0.2) is 13.8 Å². The van der Waals surface area contributed by atoms with E-state index in [4.69, 9.17) is 13.1 Å². The summed E-state index contributed by atoms with van der Waals surface area (Å²) in [4.78, 5) is 11.9. The van der Waals surface area contributed by atoms with E-state index in [-0.39, 0.29) is 11.1 Å². The van der Waals surface area contributed by atoms with Gasteiger partial charge in [0.05, 0.1) is 5.54 Å². The molecule has 0 atom stereocenters. The third-order valence-electron chi connectivity index (χ3n) is 3.42. The molecule has 1 aromatic rings. The zero-order valence-electron chi connectivity index (χ0n) is 12.0. The zero-order chi connectivity index (χ0) is 15.0. The molecule has 2 rings (SSSR count). The standard InChI is InChI=1S/C14H13BN2O.C2H6/c15-9-11(10-16)13(18)17-14(7-4-8-14)12-5-2-1-3-6-12;1-2/h1-3,5-6,9H,4,7-8H2,(H,17,18);1-2H3/b11-9+;. The molecule has 1 N–H and O–H groups in total. The lowest BCUT2D eigenvalue weighted by Crippen LogP contribution is -2.51. The normalized spacial score (nSPS) is 15.9. The molecule has 1 saturated carbocycles. The van der Waals surface area contributed by atoms with Crippen LogP contribution in [0.5, 0.6) is 0 Å². The van der Waals surface area contributed by atoms with Gasteiger partial charge in [0.2, 0.25) is 0 Å². The first-order valence-electron chi connectivity index (χ1n) is 6.92. The minimum absolute atomic E-state index is 0.0443. The summed E-state index contributed by atoms with van der Waals surface area (Å²) in [5.74, 6) is 0.649. The van der Waals surface area contributed by atoms with Crippen LogP contribution in [0.2, 0.25) is 0 Å². The maximum atomic E-state index is 11.9. The lowest BCUT2D eigenvalue weighted by Gasteiger charge is -2.43. The molecule has 1 aliphatic carbocycles. The van der Waals surface area contributed by atoms with Crippen molar-refractivity contribution in [2.24, 2.45) is 0 Å². The van der Waals surface area contributed by atoms with Crippen LogP contribution >= 0.6 is 0 Å². The SMILES string of the molecule is CC.[B]/C=C(\C#N)C(=O)NC1(c2ccccc2)CCC1. The number of nitrogens with one attached hydrogen (secondary N) is 1. The van der Waals surface area contributed by atoms with Gasteiger partial charge in [-0.25, -0.2) is 0 Å². The fourth-order valence-electron chi connectivity index (χ4n) is 2.22. The van der Waals surface area contributed by atoms with E-state index in [1.807, 2.05) is 44.2 Å². The summed E-state index contributed by atoms with van der Waals surface area (Å²) in [5.41, 5.74) is 0.708. The Balaban J connectivity index is 0.000000956. The predicted octanol–water partition coefficient (Wildman–Crippen LogP) is 2.78. The maximum absolute atomic E-state index is 11.9. The van der Waals surface area contributed by atoms with Gasteiger partial charge in [-0.1, -0.05) is 44.2 Å². The smallest absolute Gasteiger partial charge is 0.261 e. The molecule has 0 unspecified atom stereocenters. The molecule has 20 heavy (non-hydrogen) atoms. The summed E-state index contributed by atoms with van der Waals surface area (Å²) < 4.78 is 0. The number of carbonyl (C=O) groups is 1. The summed E-state index contributed by atoms with van der Waals surface area (Å²) in [5, 5.41) is 11.7. The van der Waals surface area contributed by atoms with Crippen molar-refractivity contribution in [3.05, 3.63) is 47.4 Å². The number of nitrogens with zero attached hydrogens (tertiary/aromatic N) is 1. The second-order valence-electron chi connectivity index (χ2n) is 4.45. The number of rotatable bonds is 3. The van der Waals surface area contributed by atoms with E-state index in [1.54, 1.807) is 6.07 Å². The highest BCUT2D eigenvalue weighted by atomic mass is 16.1. The summed E-state index contributed by atoms with van der Waals surface area (Å²) >= 11 is 0. The molecule has 4 heteroatoms. The number of benzene rings is 1. The van der Waals surface area contributed by atoms with Crippen LogP contribution in [0.4, 0.5) is 0 Å². The zero-order valence-corrected chi connectivity index (χ0v) is 12.0. The van der Waals surface area contributed by atoms with Gasteiger partial charge < -0.3 is 5.32 Å². The Labute approximate surface area is 122 Å². The number of amides is 1. The first-order valence-corrected chi connectivity index (χ1v) is 6.92. The Morgan fingerprint density at radius 2 is 1.95 bits per heavy atom. The second-order valence-corrected chi connectivity index (χ2v) is 4.45. The third-order valence-corrected chi connectivity index (χ3v) is 3.42. The first-order chi connectivity index (χ1) is 9.72. The van der Waals surface area contributed by atoms with Crippen LogP contribution in [0.1, 0.15) is 38.7 Å². The molecule has 0 saturated heterocycles. The maximum Gasteiger partial charge on any atom is 0.261 e. The van der Waals surface area contributed by atoms with Gasteiger partial charge in [0.15, 0.2) is 0 Å². The van der Waals surface area contributed by atoms with Crippen molar-refractivity contribution in [3.8, 4) is 6.07 Å². The van der Waals surface area contributed by atoms with E-state index in [0.717, 1.165) is 30.8 Å². The number of hydrogen-bond donors (Lipinski definition) is 1. The fraction of sp³-hybridized carbons (Fsp3) is 0.375. The monoisotopic (exact) mass is 266 g/mol. The minimum atomic E-state index is -0.399. The predicted molar refractivity (Wildman–Crippen MR) is 80.9 cm³/mol. The molecule has 0 aliphatic heterocycles. The van der Waals surface area contributed by atoms with E-state index < -0.39 is 5.91 Å². The molecule has 1 aromatic carbocycles. The number of hydrogen-bond acceptors (Lipinski definition) is 2.